The summed E-state index contributed by atoms with van der Waals surface area (Å²) in [4.78, 5) is 17.0. The topological polar surface area (TPSA) is 60.9 Å². The van der Waals surface area contributed by atoms with Crippen LogP contribution in [0.25, 0.3) is 0 Å². The maximum atomic E-state index is 13.2. The van der Waals surface area contributed by atoms with Gasteiger partial charge in [0, 0.05) is 32.2 Å². The van der Waals surface area contributed by atoms with E-state index in [4.69, 9.17) is 11.6 Å². The van der Waals surface area contributed by atoms with E-state index in [1.54, 1.807) is 9.21 Å². The van der Waals surface area contributed by atoms with Crippen molar-refractivity contribution in [1.29, 1.82) is 0 Å². The van der Waals surface area contributed by atoms with Gasteiger partial charge in [0.05, 0.1) is 15.5 Å². The first-order valence-electron chi connectivity index (χ1n) is 9.85. The minimum absolute atomic E-state index is 0.143. The average molecular weight is 428 g/mol. The third-order valence-electron chi connectivity index (χ3n) is 5.82. The standard InChI is InChI=1S/C20H30ClN3O3S/c1-14-9-15(2)12-24(11-14)28(26,27)17-5-6-19(21)18(10-17)20(25)23-8-7-16(13-23)22(3)4/h5-6,10,14-16H,7-9,11-13H2,1-4H3. The number of hydrogen-bond acceptors (Lipinski definition) is 4. The van der Waals surface area contributed by atoms with Crippen LogP contribution in [0.2, 0.25) is 5.02 Å². The Kier molecular flexibility index (Phi) is 6.39. The number of sulfonamides is 1. The molecule has 2 aliphatic heterocycles. The largest absolute Gasteiger partial charge is 0.337 e. The van der Waals surface area contributed by atoms with E-state index in [-0.39, 0.29) is 21.4 Å². The molecular weight excluding hydrogens is 398 g/mol. The maximum absolute atomic E-state index is 13.2. The van der Waals surface area contributed by atoms with Gasteiger partial charge in [-0.1, -0.05) is 25.4 Å². The summed E-state index contributed by atoms with van der Waals surface area (Å²) < 4.78 is 27.9. The molecule has 3 rings (SSSR count). The van der Waals surface area contributed by atoms with Gasteiger partial charge in [0.1, 0.15) is 0 Å². The number of amides is 1. The van der Waals surface area contributed by atoms with Gasteiger partial charge in [-0.05, 0) is 57.0 Å². The summed E-state index contributed by atoms with van der Waals surface area (Å²) in [7, 11) is 0.346. The number of carbonyl (C=O) groups excluding carboxylic acids is 1. The van der Waals surface area contributed by atoms with Crippen molar-refractivity contribution in [3.8, 4) is 0 Å². The molecule has 156 valence electrons. The Morgan fingerprint density at radius 1 is 1.14 bits per heavy atom. The number of piperidine rings is 1. The quantitative estimate of drug-likeness (QED) is 0.741. The molecule has 1 aromatic rings. The molecule has 0 N–H and O–H groups in total. The summed E-state index contributed by atoms with van der Waals surface area (Å²) in [6.45, 7) is 6.44. The average Bonchev–Trinajstić information content (AvgIpc) is 3.11. The molecule has 6 nitrogen and oxygen atoms in total. The van der Waals surface area contributed by atoms with Gasteiger partial charge in [0.2, 0.25) is 10.0 Å². The van der Waals surface area contributed by atoms with Crippen LogP contribution in [0.3, 0.4) is 0 Å². The zero-order valence-electron chi connectivity index (χ0n) is 17.1. The molecule has 2 heterocycles. The van der Waals surface area contributed by atoms with Crippen LogP contribution >= 0.6 is 11.6 Å². The van der Waals surface area contributed by atoms with Crippen LogP contribution in [0.15, 0.2) is 23.1 Å². The monoisotopic (exact) mass is 427 g/mol. The Labute approximate surface area is 173 Å². The van der Waals surface area contributed by atoms with Crippen LogP contribution in [0.1, 0.15) is 37.0 Å². The van der Waals surface area contributed by atoms with E-state index in [1.807, 2.05) is 14.1 Å². The molecule has 0 aliphatic carbocycles. The van der Waals surface area contributed by atoms with E-state index in [2.05, 4.69) is 18.7 Å². The number of halogens is 1. The Morgan fingerprint density at radius 2 is 1.79 bits per heavy atom. The van der Waals surface area contributed by atoms with Crippen molar-refractivity contribution in [1.82, 2.24) is 14.1 Å². The second-order valence-corrected chi connectivity index (χ2v) is 10.9. The zero-order chi connectivity index (χ0) is 20.6. The molecule has 2 fully saturated rings. The van der Waals surface area contributed by atoms with Crippen molar-refractivity contribution in [2.75, 3.05) is 40.3 Å². The summed E-state index contributed by atoms with van der Waals surface area (Å²) in [5.74, 6) is 0.436. The first-order chi connectivity index (χ1) is 13.1. The highest BCUT2D eigenvalue weighted by Crippen LogP contribution is 2.29. The predicted octanol–water partition coefficient (Wildman–Crippen LogP) is 2.78. The normalized spacial score (nSPS) is 26.8. The van der Waals surface area contributed by atoms with Crippen LogP contribution in [0.5, 0.6) is 0 Å². The fourth-order valence-electron chi connectivity index (χ4n) is 4.30. The smallest absolute Gasteiger partial charge is 0.255 e. The number of likely N-dealkylation sites (N-methyl/N-ethyl adjacent to an activating group) is 1. The Balaban J connectivity index is 1.86. The number of hydrogen-bond donors (Lipinski definition) is 0. The van der Waals surface area contributed by atoms with Crippen molar-refractivity contribution in [2.24, 2.45) is 11.8 Å². The number of nitrogens with zero attached hydrogens (tertiary/aromatic N) is 3. The molecule has 0 spiro atoms. The minimum atomic E-state index is -3.65. The molecule has 2 aliphatic rings. The summed E-state index contributed by atoms with van der Waals surface area (Å²) >= 11 is 6.28. The minimum Gasteiger partial charge on any atom is -0.337 e. The van der Waals surface area contributed by atoms with Gasteiger partial charge in [-0.2, -0.15) is 4.31 Å². The highest BCUT2D eigenvalue weighted by Gasteiger charge is 2.33. The van der Waals surface area contributed by atoms with E-state index >= 15 is 0 Å². The van der Waals surface area contributed by atoms with Crippen molar-refractivity contribution in [3.63, 3.8) is 0 Å². The summed E-state index contributed by atoms with van der Waals surface area (Å²) in [5.41, 5.74) is 0.264. The Bertz CT molecular complexity index is 833. The second kappa shape index (κ2) is 8.30. The molecular formula is C20H30ClN3O3S. The van der Waals surface area contributed by atoms with Crippen LogP contribution in [0.4, 0.5) is 0 Å². The van der Waals surface area contributed by atoms with Gasteiger partial charge < -0.3 is 9.80 Å². The van der Waals surface area contributed by atoms with Gasteiger partial charge in [-0.25, -0.2) is 8.42 Å². The zero-order valence-corrected chi connectivity index (χ0v) is 18.6. The van der Waals surface area contributed by atoms with E-state index < -0.39 is 10.0 Å². The van der Waals surface area contributed by atoms with Crippen molar-refractivity contribution in [2.45, 2.75) is 37.6 Å². The van der Waals surface area contributed by atoms with Gasteiger partial charge in [0.25, 0.3) is 5.91 Å². The molecule has 28 heavy (non-hydrogen) atoms. The first-order valence-corrected chi connectivity index (χ1v) is 11.7. The fourth-order valence-corrected chi connectivity index (χ4v) is 6.20. The molecule has 0 aromatic heterocycles. The summed E-state index contributed by atoms with van der Waals surface area (Å²) in [6, 6.07) is 4.79. The van der Waals surface area contributed by atoms with Gasteiger partial charge in [-0.15, -0.1) is 0 Å². The lowest BCUT2D eigenvalue weighted by Crippen LogP contribution is -2.42. The molecule has 0 bridgehead atoms. The summed E-state index contributed by atoms with van der Waals surface area (Å²) in [5, 5.41) is 0.289. The third-order valence-corrected chi connectivity index (χ3v) is 7.98. The lowest BCUT2D eigenvalue weighted by molar-refractivity contribution is 0.0783. The van der Waals surface area contributed by atoms with E-state index in [9.17, 15) is 13.2 Å². The van der Waals surface area contributed by atoms with Gasteiger partial charge in [-0.3, -0.25) is 4.79 Å². The molecule has 2 saturated heterocycles. The highest BCUT2D eigenvalue weighted by molar-refractivity contribution is 7.89. The lowest BCUT2D eigenvalue weighted by atomic mass is 9.94. The molecule has 1 aromatic carbocycles. The Morgan fingerprint density at radius 3 is 2.36 bits per heavy atom. The lowest BCUT2D eigenvalue weighted by Gasteiger charge is -2.34. The van der Waals surface area contributed by atoms with Crippen LogP contribution in [-0.2, 0) is 10.0 Å². The fraction of sp³-hybridized carbons (Fsp3) is 0.650. The van der Waals surface area contributed by atoms with E-state index in [0.29, 0.717) is 44.1 Å². The van der Waals surface area contributed by atoms with Crippen LogP contribution < -0.4 is 0 Å². The summed E-state index contributed by atoms with van der Waals surface area (Å²) in [6.07, 6.45) is 1.93. The number of rotatable bonds is 4. The molecule has 0 radical (unpaired) electrons. The van der Waals surface area contributed by atoms with E-state index in [0.717, 1.165) is 12.8 Å². The third kappa shape index (κ3) is 4.37. The van der Waals surface area contributed by atoms with Crippen LogP contribution in [-0.4, -0.2) is 74.7 Å². The molecule has 1 amide bonds. The predicted molar refractivity (Wildman–Crippen MR) is 111 cm³/mol. The Hall–Kier alpha value is -1.15. The number of likely N-dealkylation sites (tertiary alicyclic amines) is 1. The van der Waals surface area contributed by atoms with Gasteiger partial charge >= 0.3 is 0 Å². The SMILES string of the molecule is CC1CC(C)CN(S(=O)(=O)c2ccc(Cl)c(C(=O)N3CCC(N(C)C)C3)c2)C1. The molecule has 8 heteroatoms. The van der Waals surface area contributed by atoms with Gasteiger partial charge in [0.15, 0.2) is 0 Å². The van der Waals surface area contributed by atoms with Crippen molar-refractivity contribution < 1.29 is 13.2 Å². The van der Waals surface area contributed by atoms with Crippen molar-refractivity contribution in [3.05, 3.63) is 28.8 Å². The molecule has 3 unspecified atom stereocenters. The van der Waals surface area contributed by atoms with Crippen molar-refractivity contribution >= 4 is 27.5 Å². The first kappa shape index (κ1) is 21.6. The highest BCUT2D eigenvalue weighted by atomic mass is 35.5. The van der Waals surface area contributed by atoms with Crippen LogP contribution in [0, 0.1) is 11.8 Å². The number of carbonyl (C=O) groups is 1. The van der Waals surface area contributed by atoms with E-state index in [1.165, 1.54) is 18.2 Å². The maximum Gasteiger partial charge on any atom is 0.255 e. The molecule has 3 atom stereocenters. The molecule has 0 saturated carbocycles. The number of benzene rings is 1. The second-order valence-electron chi connectivity index (χ2n) is 8.57.